The van der Waals surface area contributed by atoms with Crippen molar-refractivity contribution in [2.45, 2.75) is 6.92 Å². The van der Waals surface area contributed by atoms with Crippen molar-refractivity contribution in [3.8, 4) is 0 Å². The minimum Gasteiger partial charge on any atom is -0.354 e. The Morgan fingerprint density at radius 3 is 2.45 bits per heavy atom. The summed E-state index contributed by atoms with van der Waals surface area (Å²) < 4.78 is 39.6. The van der Waals surface area contributed by atoms with Crippen molar-refractivity contribution in [3.63, 3.8) is 0 Å². The molecule has 2 aromatic rings. The van der Waals surface area contributed by atoms with E-state index in [2.05, 4.69) is 36.5 Å². The number of anilines is 3. The first kappa shape index (κ1) is 14.6. The predicted octanol–water partition coefficient (Wildman–Crippen LogP) is 3.83. The Balaban J connectivity index is 2.32. The number of aromatic nitrogens is 2. The van der Waals surface area contributed by atoms with Crippen LogP contribution in [-0.2, 0) is 0 Å². The van der Waals surface area contributed by atoms with Gasteiger partial charge in [0, 0.05) is 30.6 Å². The molecule has 106 valence electrons. The molecule has 1 aromatic heterocycles. The van der Waals surface area contributed by atoms with E-state index < -0.39 is 17.5 Å². The van der Waals surface area contributed by atoms with Gasteiger partial charge in [-0.05, 0) is 22.9 Å². The molecule has 2 rings (SSSR count). The van der Waals surface area contributed by atoms with Gasteiger partial charge in [0.05, 0.1) is 4.47 Å². The maximum absolute atomic E-state index is 13.1. The highest BCUT2D eigenvalue weighted by Crippen LogP contribution is 2.26. The fourth-order valence-electron chi connectivity index (χ4n) is 1.46. The van der Waals surface area contributed by atoms with Gasteiger partial charge in [-0.1, -0.05) is 0 Å². The Morgan fingerprint density at radius 2 is 1.85 bits per heavy atom. The van der Waals surface area contributed by atoms with Crippen molar-refractivity contribution in [2.24, 2.45) is 0 Å². The summed E-state index contributed by atoms with van der Waals surface area (Å²) in [5.74, 6) is -3.39. The van der Waals surface area contributed by atoms with Crippen LogP contribution in [0.1, 0.15) is 6.92 Å². The van der Waals surface area contributed by atoms with Crippen molar-refractivity contribution in [3.05, 3.63) is 40.3 Å². The number of nitrogens with one attached hydrogen (secondary N) is 2. The van der Waals surface area contributed by atoms with E-state index in [1.807, 2.05) is 6.92 Å². The molecule has 4 nitrogen and oxygen atoms in total. The second kappa shape index (κ2) is 6.08. The maximum atomic E-state index is 13.1. The molecule has 0 unspecified atom stereocenters. The van der Waals surface area contributed by atoms with E-state index >= 15 is 0 Å². The van der Waals surface area contributed by atoms with Crippen LogP contribution in [0, 0.1) is 17.5 Å². The summed E-state index contributed by atoms with van der Waals surface area (Å²) in [7, 11) is 0. The predicted molar refractivity (Wildman–Crippen MR) is 73.5 cm³/mol. The molecule has 8 heteroatoms. The molecule has 20 heavy (non-hydrogen) atoms. The normalized spacial score (nSPS) is 10.4. The van der Waals surface area contributed by atoms with E-state index in [9.17, 15) is 13.2 Å². The Labute approximate surface area is 121 Å². The van der Waals surface area contributed by atoms with Crippen LogP contribution in [-0.4, -0.2) is 16.5 Å². The number of hydrogen-bond acceptors (Lipinski definition) is 4. The highest BCUT2D eigenvalue weighted by atomic mass is 79.9. The zero-order chi connectivity index (χ0) is 14.7. The molecule has 0 bridgehead atoms. The van der Waals surface area contributed by atoms with Crippen molar-refractivity contribution in [1.82, 2.24) is 9.97 Å². The first-order valence-corrected chi connectivity index (χ1v) is 6.48. The molecule has 0 radical (unpaired) electrons. The number of halogens is 4. The number of nitrogens with zero attached hydrogens (tertiary/aromatic N) is 2. The Bertz CT molecular complexity index is 613. The third-order valence-corrected chi connectivity index (χ3v) is 2.91. The van der Waals surface area contributed by atoms with Crippen LogP contribution in [0.15, 0.2) is 22.8 Å². The highest BCUT2D eigenvalue weighted by Gasteiger charge is 2.12. The quantitative estimate of drug-likeness (QED) is 0.826. The van der Waals surface area contributed by atoms with Gasteiger partial charge in [0.2, 0.25) is 5.95 Å². The lowest BCUT2D eigenvalue weighted by molar-refractivity contribution is 0.448. The summed E-state index contributed by atoms with van der Waals surface area (Å²) in [4.78, 5) is 8.12. The first-order valence-electron chi connectivity index (χ1n) is 5.69. The molecule has 0 saturated heterocycles. The average Bonchev–Trinajstić information content (AvgIpc) is 2.40. The number of hydrogen-bond donors (Lipinski definition) is 2. The van der Waals surface area contributed by atoms with Gasteiger partial charge in [-0.25, -0.2) is 18.2 Å². The average molecular weight is 347 g/mol. The minimum absolute atomic E-state index is 0.0447. The molecule has 1 heterocycles. The summed E-state index contributed by atoms with van der Waals surface area (Å²) in [5, 5.41) is 5.60. The Kier molecular flexibility index (Phi) is 4.43. The van der Waals surface area contributed by atoms with E-state index in [4.69, 9.17) is 0 Å². The first-order chi connectivity index (χ1) is 9.51. The summed E-state index contributed by atoms with van der Waals surface area (Å²) in [5.41, 5.74) is 0.0447. The van der Waals surface area contributed by atoms with Crippen LogP contribution in [0.25, 0.3) is 0 Å². The van der Waals surface area contributed by atoms with Crippen LogP contribution >= 0.6 is 15.9 Å². The van der Waals surface area contributed by atoms with Gasteiger partial charge in [0.25, 0.3) is 0 Å². The maximum Gasteiger partial charge on any atom is 0.224 e. The third kappa shape index (κ3) is 3.19. The molecule has 0 fully saturated rings. The van der Waals surface area contributed by atoms with Crippen molar-refractivity contribution >= 4 is 33.4 Å². The topological polar surface area (TPSA) is 49.8 Å². The summed E-state index contributed by atoms with van der Waals surface area (Å²) in [6.07, 6.45) is 1.49. The van der Waals surface area contributed by atoms with E-state index in [1.54, 1.807) is 0 Å². The molecule has 0 aliphatic rings. The van der Waals surface area contributed by atoms with Crippen LogP contribution < -0.4 is 10.6 Å². The lowest BCUT2D eigenvalue weighted by Crippen LogP contribution is -2.05. The minimum atomic E-state index is -1.51. The second-order valence-corrected chi connectivity index (χ2v) is 4.65. The molecule has 0 spiro atoms. The molecule has 0 aliphatic heterocycles. The van der Waals surface area contributed by atoms with Gasteiger partial charge in [-0.2, -0.15) is 4.98 Å². The Hall–Kier alpha value is -1.83. The zero-order valence-electron chi connectivity index (χ0n) is 10.3. The second-order valence-electron chi connectivity index (χ2n) is 3.80. The molecule has 0 amide bonds. The van der Waals surface area contributed by atoms with Crippen LogP contribution in [0.3, 0.4) is 0 Å². The van der Waals surface area contributed by atoms with Crippen LogP contribution in [0.2, 0.25) is 0 Å². The Morgan fingerprint density at radius 1 is 1.20 bits per heavy atom. The number of benzene rings is 1. The number of rotatable bonds is 4. The highest BCUT2D eigenvalue weighted by molar-refractivity contribution is 9.10. The smallest absolute Gasteiger partial charge is 0.224 e. The molecule has 0 aliphatic carbocycles. The van der Waals surface area contributed by atoms with E-state index in [1.165, 1.54) is 6.20 Å². The van der Waals surface area contributed by atoms with Crippen LogP contribution in [0.4, 0.5) is 30.6 Å². The molecular weight excluding hydrogens is 337 g/mol. The molecule has 0 saturated carbocycles. The van der Waals surface area contributed by atoms with Gasteiger partial charge < -0.3 is 10.6 Å². The van der Waals surface area contributed by atoms with E-state index in [0.717, 1.165) is 12.1 Å². The summed E-state index contributed by atoms with van der Waals surface area (Å²) in [6.45, 7) is 2.50. The van der Waals surface area contributed by atoms with E-state index in [0.29, 0.717) is 22.8 Å². The van der Waals surface area contributed by atoms with Crippen molar-refractivity contribution in [2.75, 3.05) is 17.2 Å². The lowest BCUT2D eigenvalue weighted by Gasteiger charge is -2.10. The fraction of sp³-hybridized carbons (Fsp3) is 0.167. The van der Waals surface area contributed by atoms with Gasteiger partial charge in [-0.3, -0.25) is 0 Å². The van der Waals surface area contributed by atoms with Gasteiger partial charge in [0.15, 0.2) is 17.5 Å². The summed E-state index contributed by atoms with van der Waals surface area (Å²) >= 11 is 3.21. The van der Waals surface area contributed by atoms with Gasteiger partial charge >= 0.3 is 0 Å². The summed E-state index contributed by atoms with van der Waals surface area (Å²) in [6, 6.07) is 1.69. The van der Waals surface area contributed by atoms with Crippen LogP contribution in [0.5, 0.6) is 0 Å². The standard InChI is InChI=1S/C12H10BrF3N4/c1-2-17-12-18-5-7(13)11(20-12)19-6-3-8(14)10(16)9(15)4-6/h3-5H,2H2,1H3,(H2,17,18,19,20). The zero-order valence-corrected chi connectivity index (χ0v) is 11.9. The third-order valence-electron chi connectivity index (χ3n) is 2.33. The van der Waals surface area contributed by atoms with Crippen molar-refractivity contribution in [1.29, 1.82) is 0 Å². The SMILES string of the molecule is CCNc1ncc(Br)c(Nc2cc(F)c(F)c(F)c2)n1. The van der Waals surface area contributed by atoms with Gasteiger partial charge in [0.1, 0.15) is 5.82 Å². The van der Waals surface area contributed by atoms with Crippen molar-refractivity contribution < 1.29 is 13.2 Å². The molecule has 2 N–H and O–H groups in total. The van der Waals surface area contributed by atoms with Gasteiger partial charge in [-0.15, -0.1) is 0 Å². The molecular formula is C12H10BrF3N4. The molecule has 1 aromatic carbocycles. The fourth-order valence-corrected chi connectivity index (χ4v) is 1.75. The monoisotopic (exact) mass is 346 g/mol. The largest absolute Gasteiger partial charge is 0.354 e. The lowest BCUT2D eigenvalue weighted by atomic mass is 10.3. The van der Waals surface area contributed by atoms with E-state index in [-0.39, 0.29) is 5.69 Å². The molecule has 0 atom stereocenters.